The van der Waals surface area contributed by atoms with Gasteiger partial charge in [-0.25, -0.2) is 8.78 Å². The number of halogens is 3. The van der Waals surface area contributed by atoms with Crippen molar-refractivity contribution in [1.29, 1.82) is 0 Å². The van der Waals surface area contributed by atoms with Gasteiger partial charge in [-0.05, 0) is 31.9 Å². The lowest BCUT2D eigenvalue weighted by Crippen LogP contribution is -2.44. The van der Waals surface area contributed by atoms with Crippen LogP contribution in [0.1, 0.15) is 39.0 Å². The Morgan fingerprint density at radius 1 is 1.24 bits per heavy atom. The molecule has 0 bridgehead atoms. The fourth-order valence-electron chi connectivity index (χ4n) is 2.54. The van der Waals surface area contributed by atoms with Crippen LogP contribution in [0.2, 0.25) is 0 Å². The summed E-state index contributed by atoms with van der Waals surface area (Å²) in [6, 6.07) is 1.81. The Morgan fingerprint density at radius 3 is 2.38 bits per heavy atom. The Morgan fingerprint density at radius 2 is 1.81 bits per heavy atom. The maximum Gasteiger partial charge on any atom is 0.242 e. The third kappa shape index (κ3) is 4.40. The lowest BCUT2D eigenvalue weighted by atomic mass is 9.95. The number of rotatable bonds is 4. The minimum atomic E-state index is -0.723. The van der Waals surface area contributed by atoms with Crippen LogP contribution in [0.25, 0.3) is 0 Å². The molecule has 1 amide bonds. The predicted molar refractivity (Wildman–Crippen MR) is 82.2 cm³/mol. The van der Waals surface area contributed by atoms with Crippen LogP contribution in [0, 0.1) is 11.6 Å². The van der Waals surface area contributed by atoms with Gasteiger partial charge in [-0.2, -0.15) is 0 Å². The van der Waals surface area contributed by atoms with Gasteiger partial charge in [-0.1, -0.05) is 35.2 Å². The summed E-state index contributed by atoms with van der Waals surface area (Å²) in [7, 11) is 0. The molecule has 0 aromatic heterocycles. The van der Waals surface area contributed by atoms with E-state index in [1.807, 2.05) is 0 Å². The second kappa shape index (κ2) is 7.20. The molecule has 1 atom stereocenters. The third-order valence-electron chi connectivity index (χ3n) is 3.71. The van der Waals surface area contributed by atoms with Gasteiger partial charge in [-0.3, -0.25) is 4.79 Å². The van der Waals surface area contributed by atoms with Gasteiger partial charge < -0.3 is 10.6 Å². The van der Waals surface area contributed by atoms with Crippen molar-refractivity contribution >= 4 is 27.5 Å². The lowest BCUT2D eigenvalue weighted by Gasteiger charge is -2.25. The highest BCUT2D eigenvalue weighted by Crippen LogP contribution is 2.24. The van der Waals surface area contributed by atoms with Crippen LogP contribution >= 0.6 is 15.9 Å². The molecule has 1 aliphatic rings. The molecule has 0 radical (unpaired) electrons. The van der Waals surface area contributed by atoms with Crippen LogP contribution < -0.4 is 10.6 Å². The van der Waals surface area contributed by atoms with Crippen LogP contribution in [0.5, 0.6) is 0 Å². The van der Waals surface area contributed by atoms with E-state index < -0.39 is 17.7 Å². The molecule has 1 unspecified atom stereocenters. The number of carbonyl (C=O) groups excluding carboxylic acids is 1. The molecule has 0 heterocycles. The summed E-state index contributed by atoms with van der Waals surface area (Å²) in [5, 5.41) is 5.55. The van der Waals surface area contributed by atoms with E-state index >= 15 is 0 Å². The Labute approximate surface area is 131 Å². The molecule has 2 N–H and O–H groups in total. The maximum absolute atomic E-state index is 13.7. The second-order valence-electron chi connectivity index (χ2n) is 5.45. The fraction of sp³-hybridized carbons (Fsp3) is 0.533. The summed E-state index contributed by atoms with van der Waals surface area (Å²) in [6.45, 7) is 1.60. The summed E-state index contributed by atoms with van der Waals surface area (Å²) in [4.78, 5) is 12.1. The number of anilines is 1. The van der Waals surface area contributed by atoms with E-state index in [1.54, 1.807) is 6.92 Å². The molecule has 21 heavy (non-hydrogen) atoms. The number of amides is 1. The van der Waals surface area contributed by atoms with Crippen LogP contribution in [-0.2, 0) is 4.79 Å². The van der Waals surface area contributed by atoms with Gasteiger partial charge in [0, 0.05) is 10.5 Å². The fourth-order valence-corrected chi connectivity index (χ4v) is 2.94. The van der Waals surface area contributed by atoms with Crippen LogP contribution in [-0.4, -0.2) is 18.0 Å². The van der Waals surface area contributed by atoms with Gasteiger partial charge in [0.05, 0.1) is 0 Å². The minimum absolute atomic E-state index is 0.176. The number of carbonyl (C=O) groups is 1. The van der Waals surface area contributed by atoms with Crippen LogP contribution in [0.4, 0.5) is 14.5 Å². The van der Waals surface area contributed by atoms with E-state index in [2.05, 4.69) is 26.6 Å². The van der Waals surface area contributed by atoms with Gasteiger partial charge in [-0.15, -0.1) is 0 Å². The van der Waals surface area contributed by atoms with Crippen molar-refractivity contribution in [2.24, 2.45) is 0 Å². The van der Waals surface area contributed by atoms with Crippen LogP contribution in [0.3, 0.4) is 0 Å². The summed E-state index contributed by atoms with van der Waals surface area (Å²) in [5.74, 6) is -1.68. The number of hydrogen-bond donors (Lipinski definition) is 2. The molecule has 3 nitrogen and oxygen atoms in total. The molecule has 116 valence electrons. The molecular formula is C15H19BrF2N2O. The van der Waals surface area contributed by atoms with E-state index in [1.165, 1.54) is 6.42 Å². The standard InChI is InChI=1S/C15H19BrF2N2O/c1-9(15(21)20-11-5-3-2-4-6-11)19-14-12(17)7-10(16)8-13(14)18/h7-9,11,19H,2-6H2,1H3,(H,20,21). The van der Waals surface area contributed by atoms with Crippen molar-refractivity contribution in [2.75, 3.05) is 5.32 Å². The summed E-state index contributed by atoms with van der Waals surface area (Å²) >= 11 is 3.02. The molecule has 0 saturated heterocycles. The van der Waals surface area contributed by atoms with Gasteiger partial charge in [0.25, 0.3) is 0 Å². The van der Waals surface area contributed by atoms with E-state index in [0.29, 0.717) is 4.47 Å². The summed E-state index contributed by atoms with van der Waals surface area (Å²) < 4.78 is 27.8. The van der Waals surface area contributed by atoms with E-state index in [0.717, 1.165) is 37.8 Å². The normalized spacial score (nSPS) is 17.3. The zero-order valence-corrected chi connectivity index (χ0v) is 13.5. The van der Waals surface area contributed by atoms with Gasteiger partial charge in [0.15, 0.2) is 0 Å². The second-order valence-corrected chi connectivity index (χ2v) is 6.37. The van der Waals surface area contributed by atoms with Crippen molar-refractivity contribution in [3.8, 4) is 0 Å². The van der Waals surface area contributed by atoms with Crippen LogP contribution in [0.15, 0.2) is 16.6 Å². The molecule has 1 aliphatic carbocycles. The molecule has 1 saturated carbocycles. The first-order valence-electron chi connectivity index (χ1n) is 7.19. The van der Waals surface area contributed by atoms with Crippen molar-refractivity contribution in [1.82, 2.24) is 5.32 Å². The Balaban J connectivity index is 1.97. The molecule has 6 heteroatoms. The van der Waals surface area contributed by atoms with Crippen molar-refractivity contribution in [2.45, 2.75) is 51.1 Å². The average molecular weight is 361 g/mol. The molecule has 1 aromatic rings. The monoisotopic (exact) mass is 360 g/mol. The molecule has 1 aromatic carbocycles. The lowest BCUT2D eigenvalue weighted by molar-refractivity contribution is -0.122. The van der Waals surface area contributed by atoms with E-state index in [9.17, 15) is 13.6 Å². The largest absolute Gasteiger partial charge is 0.369 e. The molecule has 1 fully saturated rings. The summed E-state index contributed by atoms with van der Waals surface area (Å²) in [5.41, 5.74) is -0.274. The van der Waals surface area contributed by atoms with Crippen molar-refractivity contribution < 1.29 is 13.6 Å². The van der Waals surface area contributed by atoms with Gasteiger partial charge >= 0.3 is 0 Å². The van der Waals surface area contributed by atoms with E-state index in [-0.39, 0.29) is 17.6 Å². The first kappa shape index (κ1) is 16.2. The summed E-state index contributed by atoms with van der Waals surface area (Å²) in [6.07, 6.45) is 5.37. The highest BCUT2D eigenvalue weighted by molar-refractivity contribution is 9.10. The number of benzene rings is 1. The van der Waals surface area contributed by atoms with Crippen molar-refractivity contribution in [3.05, 3.63) is 28.2 Å². The van der Waals surface area contributed by atoms with Gasteiger partial charge in [0.1, 0.15) is 23.4 Å². The molecule has 2 rings (SSSR count). The molecular weight excluding hydrogens is 342 g/mol. The number of hydrogen-bond acceptors (Lipinski definition) is 2. The maximum atomic E-state index is 13.7. The minimum Gasteiger partial charge on any atom is -0.369 e. The average Bonchev–Trinajstić information content (AvgIpc) is 2.43. The predicted octanol–water partition coefficient (Wildman–Crippen LogP) is 3.98. The van der Waals surface area contributed by atoms with Crippen molar-refractivity contribution in [3.63, 3.8) is 0 Å². The SMILES string of the molecule is CC(Nc1c(F)cc(Br)cc1F)C(=O)NC1CCCCC1. The smallest absolute Gasteiger partial charge is 0.242 e. The Bertz CT molecular complexity index is 495. The molecule has 0 spiro atoms. The third-order valence-corrected chi connectivity index (χ3v) is 4.17. The van der Waals surface area contributed by atoms with E-state index in [4.69, 9.17) is 0 Å². The first-order chi connectivity index (χ1) is 9.97. The Kier molecular flexibility index (Phi) is 5.56. The zero-order chi connectivity index (χ0) is 15.4. The quantitative estimate of drug-likeness (QED) is 0.852. The first-order valence-corrected chi connectivity index (χ1v) is 7.98. The highest BCUT2D eigenvalue weighted by Gasteiger charge is 2.21. The topological polar surface area (TPSA) is 41.1 Å². The number of nitrogens with one attached hydrogen (secondary N) is 2. The molecule has 0 aliphatic heterocycles. The zero-order valence-electron chi connectivity index (χ0n) is 11.9. The van der Waals surface area contributed by atoms with Gasteiger partial charge in [0.2, 0.25) is 5.91 Å². The Hall–Kier alpha value is -1.17. The highest BCUT2D eigenvalue weighted by atomic mass is 79.9.